The SMILES string of the molecule is O=C1CCCc2oc(C(=O)N3CCc4ccccc4C3)cc21. The van der Waals surface area contributed by atoms with Crippen LogP contribution in [0.15, 0.2) is 34.7 Å². The summed E-state index contributed by atoms with van der Waals surface area (Å²) in [4.78, 5) is 26.3. The molecular formula is C18H17NO3. The third kappa shape index (κ3) is 2.15. The summed E-state index contributed by atoms with van der Waals surface area (Å²) in [5.74, 6) is 0.960. The van der Waals surface area contributed by atoms with Gasteiger partial charge in [0.05, 0.1) is 5.56 Å². The molecule has 1 aromatic heterocycles. The Kier molecular flexibility index (Phi) is 3.10. The topological polar surface area (TPSA) is 50.5 Å². The number of hydrogen-bond acceptors (Lipinski definition) is 3. The Balaban J connectivity index is 1.59. The fourth-order valence-electron chi connectivity index (χ4n) is 3.32. The minimum atomic E-state index is -0.114. The van der Waals surface area contributed by atoms with Gasteiger partial charge in [-0.2, -0.15) is 0 Å². The highest BCUT2D eigenvalue weighted by molar-refractivity contribution is 6.01. The summed E-state index contributed by atoms with van der Waals surface area (Å²) >= 11 is 0. The van der Waals surface area contributed by atoms with Gasteiger partial charge in [0.25, 0.3) is 5.91 Å². The first kappa shape index (κ1) is 13.3. The number of rotatable bonds is 1. The number of hydrogen-bond donors (Lipinski definition) is 0. The molecule has 0 fully saturated rings. The van der Waals surface area contributed by atoms with Crippen molar-refractivity contribution in [3.05, 3.63) is 58.5 Å². The highest BCUT2D eigenvalue weighted by Gasteiger charge is 2.28. The third-order valence-electron chi connectivity index (χ3n) is 4.55. The van der Waals surface area contributed by atoms with Crippen LogP contribution in [-0.4, -0.2) is 23.1 Å². The van der Waals surface area contributed by atoms with Crippen LogP contribution in [-0.2, 0) is 19.4 Å². The van der Waals surface area contributed by atoms with Crippen molar-refractivity contribution in [1.82, 2.24) is 4.90 Å². The van der Waals surface area contributed by atoms with Gasteiger partial charge in [-0.15, -0.1) is 0 Å². The molecule has 0 unspecified atom stereocenters. The number of carbonyl (C=O) groups excluding carboxylic acids is 2. The van der Waals surface area contributed by atoms with E-state index in [4.69, 9.17) is 4.42 Å². The van der Waals surface area contributed by atoms with Crippen molar-refractivity contribution in [2.45, 2.75) is 32.2 Å². The molecule has 4 nitrogen and oxygen atoms in total. The Morgan fingerprint density at radius 3 is 2.73 bits per heavy atom. The van der Waals surface area contributed by atoms with Crippen molar-refractivity contribution < 1.29 is 14.0 Å². The molecule has 2 heterocycles. The lowest BCUT2D eigenvalue weighted by Gasteiger charge is -2.28. The normalized spacial score (nSPS) is 17.1. The standard InChI is InChI=1S/C18H17NO3/c20-15-6-3-7-16-14(15)10-17(22-16)18(21)19-9-8-12-4-1-2-5-13(12)11-19/h1-2,4-5,10H,3,6-9,11H2. The highest BCUT2D eigenvalue weighted by atomic mass is 16.4. The maximum Gasteiger partial charge on any atom is 0.289 e. The first-order chi connectivity index (χ1) is 10.7. The Bertz CT molecular complexity index is 759. The second-order valence-electron chi connectivity index (χ2n) is 5.97. The molecule has 0 saturated heterocycles. The number of ketones is 1. The van der Waals surface area contributed by atoms with E-state index in [1.54, 1.807) is 11.0 Å². The van der Waals surface area contributed by atoms with Crippen molar-refractivity contribution in [2.24, 2.45) is 0 Å². The van der Waals surface area contributed by atoms with E-state index in [2.05, 4.69) is 12.1 Å². The van der Waals surface area contributed by atoms with E-state index in [1.165, 1.54) is 11.1 Å². The number of benzene rings is 1. The van der Waals surface area contributed by atoms with E-state index in [-0.39, 0.29) is 11.7 Å². The lowest BCUT2D eigenvalue weighted by molar-refractivity contribution is 0.0700. The van der Waals surface area contributed by atoms with Crippen LogP contribution in [0.4, 0.5) is 0 Å². The summed E-state index contributed by atoms with van der Waals surface area (Å²) in [5, 5.41) is 0. The fourth-order valence-corrected chi connectivity index (χ4v) is 3.32. The van der Waals surface area contributed by atoms with E-state index >= 15 is 0 Å². The average Bonchev–Trinajstić information content (AvgIpc) is 2.99. The van der Waals surface area contributed by atoms with Gasteiger partial charge in [0.2, 0.25) is 0 Å². The van der Waals surface area contributed by atoms with Crippen LogP contribution in [0, 0.1) is 0 Å². The van der Waals surface area contributed by atoms with E-state index in [0.717, 1.165) is 19.3 Å². The van der Waals surface area contributed by atoms with Crippen molar-refractivity contribution in [3.8, 4) is 0 Å². The second kappa shape index (κ2) is 5.13. The predicted molar refractivity (Wildman–Crippen MR) is 80.9 cm³/mol. The van der Waals surface area contributed by atoms with Crippen LogP contribution >= 0.6 is 0 Å². The van der Waals surface area contributed by atoms with Gasteiger partial charge >= 0.3 is 0 Å². The van der Waals surface area contributed by atoms with Crippen LogP contribution in [0.1, 0.15) is 50.6 Å². The van der Waals surface area contributed by atoms with Gasteiger partial charge < -0.3 is 9.32 Å². The van der Waals surface area contributed by atoms with Crippen LogP contribution in [0.5, 0.6) is 0 Å². The monoisotopic (exact) mass is 295 g/mol. The maximum absolute atomic E-state index is 12.7. The van der Waals surface area contributed by atoms with E-state index in [9.17, 15) is 9.59 Å². The summed E-state index contributed by atoms with van der Waals surface area (Å²) < 4.78 is 5.67. The van der Waals surface area contributed by atoms with Crippen LogP contribution in [0.2, 0.25) is 0 Å². The number of furan rings is 1. The molecule has 0 N–H and O–H groups in total. The molecule has 0 atom stereocenters. The van der Waals surface area contributed by atoms with Crippen LogP contribution in [0.3, 0.4) is 0 Å². The third-order valence-corrected chi connectivity index (χ3v) is 4.55. The molecule has 22 heavy (non-hydrogen) atoms. The maximum atomic E-state index is 12.7. The molecule has 0 saturated carbocycles. The summed E-state index contributed by atoms with van der Waals surface area (Å²) in [6, 6.07) is 9.84. The van der Waals surface area contributed by atoms with Gasteiger partial charge in [0.15, 0.2) is 11.5 Å². The zero-order valence-electron chi connectivity index (χ0n) is 12.3. The molecule has 1 aliphatic heterocycles. The Morgan fingerprint density at radius 2 is 1.91 bits per heavy atom. The van der Waals surface area contributed by atoms with Crippen molar-refractivity contribution in [1.29, 1.82) is 0 Å². The van der Waals surface area contributed by atoms with Gasteiger partial charge in [0, 0.05) is 32.0 Å². The quantitative estimate of drug-likeness (QED) is 0.812. The second-order valence-corrected chi connectivity index (χ2v) is 5.97. The van der Waals surface area contributed by atoms with Crippen LogP contribution < -0.4 is 0 Å². The summed E-state index contributed by atoms with van der Waals surface area (Å²) in [5.41, 5.74) is 3.10. The largest absolute Gasteiger partial charge is 0.455 e. The summed E-state index contributed by atoms with van der Waals surface area (Å²) in [6.07, 6.45) is 2.97. The van der Waals surface area contributed by atoms with Gasteiger partial charge in [-0.05, 0) is 24.0 Å². The number of aryl methyl sites for hydroxylation is 1. The number of Topliss-reactive ketones (excluding diaryl/α,β-unsaturated/α-hetero) is 1. The molecule has 112 valence electrons. The predicted octanol–water partition coefficient (Wildman–Crippen LogP) is 3.00. The molecule has 4 rings (SSSR count). The molecule has 0 radical (unpaired) electrons. The number of amides is 1. The first-order valence-corrected chi connectivity index (χ1v) is 7.74. The molecule has 0 bridgehead atoms. The summed E-state index contributed by atoms with van der Waals surface area (Å²) in [6.45, 7) is 1.30. The zero-order valence-corrected chi connectivity index (χ0v) is 12.3. The van der Waals surface area contributed by atoms with E-state index in [1.807, 2.05) is 12.1 Å². The van der Waals surface area contributed by atoms with Gasteiger partial charge in [-0.1, -0.05) is 24.3 Å². The number of nitrogens with zero attached hydrogens (tertiary/aromatic N) is 1. The van der Waals surface area contributed by atoms with Crippen molar-refractivity contribution >= 4 is 11.7 Å². The Labute approximate surface area is 128 Å². The molecule has 2 aromatic rings. The summed E-state index contributed by atoms with van der Waals surface area (Å²) in [7, 11) is 0. The number of fused-ring (bicyclic) bond motifs is 2. The van der Waals surface area contributed by atoms with E-state index in [0.29, 0.717) is 36.6 Å². The lowest BCUT2D eigenvalue weighted by Crippen LogP contribution is -2.35. The molecule has 0 spiro atoms. The molecule has 1 aromatic carbocycles. The molecule has 2 aliphatic rings. The average molecular weight is 295 g/mol. The first-order valence-electron chi connectivity index (χ1n) is 7.74. The van der Waals surface area contributed by atoms with Gasteiger partial charge in [-0.3, -0.25) is 9.59 Å². The van der Waals surface area contributed by atoms with Gasteiger partial charge in [0.1, 0.15) is 5.76 Å². The Hall–Kier alpha value is -2.36. The molecule has 1 amide bonds. The van der Waals surface area contributed by atoms with Crippen molar-refractivity contribution in [2.75, 3.05) is 6.54 Å². The molecule has 4 heteroatoms. The highest BCUT2D eigenvalue weighted by Crippen LogP contribution is 2.27. The van der Waals surface area contributed by atoms with Crippen molar-refractivity contribution in [3.63, 3.8) is 0 Å². The van der Waals surface area contributed by atoms with E-state index < -0.39 is 0 Å². The van der Waals surface area contributed by atoms with Gasteiger partial charge in [-0.25, -0.2) is 0 Å². The molecular weight excluding hydrogens is 278 g/mol. The number of carbonyl (C=O) groups is 2. The minimum Gasteiger partial charge on any atom is -0.455 e. The van der Waals surface area contributed by atoms with Crippen LogP contribution in [0.25, 0.3) is 0 Å². The lowest BCUT2D eigenvalue weighted by atomic mass is 9.97. The smallest absolute Gasteiger partial charge is 0.289 e. The minimum absolute atomic E-state index is 0.0908. The zero-order chi connectivity index (χ0) is 15.1. The molecule has 1 aliphatic carbocycles. The Morgan fingerprint density at radius 1 is 1.09 bits per heavy atom. The fraction of sp³-hybridized carbons (Fsp3) is 0.333.